The number of hydrogen-bond acceptors (Lipinski definition) is 3. The van der Waals surface area contributed by atoms with Crippen LogP contribution >= 0.6 is 0 Å². The van der Waals surface area contributed by atoms with Gasteiger partial charge < -0.3 is 14.8 Å². The van der Waals surface area contributed by atoms with E-state index in [1.165, 1.54) is 19.2 Å². The lowest BCUT2D eigenvalue weighted by Crippen LogP contribution is -2.14. The Kier molecular flexibility index (Phi) is 7.08. The normalized spacial score (nSPS) is 11.3. The Morgan fingerprint density at radius 1 is 0.969 bits per heavy atom. The fraction of sp³-hybridized carbons (Fsp3) is 0.240. The number of nitrogens with one attached hydrogen (secondary N) is 1. The number of hydrogen-bond donors (Lipinski definition) is 1. The highest BCUT2D eigenvalue weighted by molar-refractivity contribution is 6.04. The van der Waals surface area contributed by atoms with Gasteiger partial charge in [0.15, 0.2) is 0 Å². The first-order valence-corrected chi connectivity index (χ1v) is 10.1. The predicted molar refractivity (Wildman–Crippen MR) is 117 cm³/mol. The van der Waals surface area contributed by atoms with E-state index in [2.05, 4.69) is 19.2 Å². The van der Waals surface area contributed by atoms with Crippen LogP contribution in [0.1, 0.15) is 46.8 Å². The minimum Gasteiger partial charge on any atom is -0.496 e. The van der Waals surface area contributed by atoms with Gasteiger partial charge in [0, 0.05) is 16.8 Å². The van der Waals surface area contributed by atoms with Gasteiger partial charge in [-0.15, -0.1) is 0 Å². The summed E-state index contributed by atoms with van der Waals surface area (Å²) in [6.45, 7) is 4.31. The molecule has 0 fully saturated rings. The van der Waals surface area contributed by atoms with Crippen molar-refractivity contribution < 1.29 is 27.4 Å². The largest absolute Gasteiger partial charge is 0.496 e. The second-order valence-corrected chi connectivity index (χ2v) is 7.54. The lowest BCUT2D eigenvalue weighted by Gasteiger charge is -2.16. The highest BCUT2D eigenvalue weighted by Gasteiger charge is 2.30. The maximum atomic E-state index is 12.9. The molecule has 0 aliphatic heterocycles. The third-order valence-electron chi connectivity index (χ3n) is 4.91. The molecule has 32 heavy (non-hydrogen) atoms. The van der Waals surface area contributed by atoms with Crippen LogP contribution in [0.2, 0.25) is 0 Å². The first kappa shape index (κ1) is 23.2. The molecule has 0 bridgehead atoms. The second-order valence-electron chi connectivity index (χ2n) is 7.54. The third kappa shape index (κ3) is 5.60. The van der Waals surface area contributed by atoms with Crippen LogP contribution in [0.3, 0.4) is 0 Å². The van der Waals surface area contributed by atoms with E-state index in [1.54, 1.807) is 18.2 Å². The van der Waals surface area contributed by atoms with Gasteiger partial charge in [0.25, 0.3) is 5.91 Å². The van der Waals surface area contributed by atoms with Gasteiger partial charge in [-0.25, -0.2) is 0 Å². The molecular weight excluding hydrogens is 419 g/mol. The Morgan fingerprint density at radius 2 is 1.72 bits per heavy atom. The molecule has 7 heteroatoms. The number of anilines is 1. The zero-order chi connectivity index (χ0) is 23.3. The minimum absolute atomic E-state index is 0.0595. The van der Waals surface area contributed by atoms with Crippen molar-refractivity contribution in [2.75, 3.05) is 12.4 Å². The maximum absolute atomic E-state index is 12.9. The zero-order valence-electron chi connectivity index (χ0n) is 18.0. The summed E-state index contributed by atoms with van der Waals surface area (Å²) in [4.78, 5) is 12.7. The summed E-state index contributed by atoms with van der Waals surface area (Å²) in [5.41, 5.74) is 1.21. The van der Waals surface area contributed by atoms with Gasteiger partial charge in [-0.3, -0.25) is 4.79 Å². The number of methoxy groups -OCH3 is 1. The quantitative estimate of drug-likeness (QED) is 0.444. The molecule has 168 valence electrons. The first-order chi connectivity index (χ1) is 15.2. The maximum Gasteiger partial charge on any atom is 0.416 e. The van der Waals surface area contributed by atoms with Crippen molar-refractivity contribution in [3.8, 4) is 11.5 Å². The van der Waals surface area contributed by atoms with Gasteiger partial charge in [0.1, 0.15) is 18.1 Å². The van der Waals surface area contributed by atoms with Gasteiger partial charge in [-0.1, -0.05) is 38.1 Å². The fourth-order valence-electron chi connectivity index (χ4n) is 3.25. The first-order valence-electron chi connectivity index (χ1n) is 10.1. The number of amides is 1. The van der Waals surface area contributed by atoms with Gasteiger partial charge in [0.2, 0.25) is 0 Å². The lowest BCUT2D eigenvalue weighted by molar-refractivity contribution is -0.137. The Morgan fingerprint density at radius 3 is 2.41 bits per heavy atom. The molecule has 0 saturated heterocycles. The van der Waals surface area contributed by atoms with Crippen LogP contribution in [0.5, 0.6) is 11.5 Å². The number of carbonyl (C=O) groups excluding carboxylic acids is 1. The number of benzene rings is 3. The van der Waals surface area contributed by atoms with E-state index in [-0.39, 0.29) is 23.8 Å². The Hall–Kier alpha value is -3.48. The molecule has 1 N–H and O–H groups in total. The average Bonchev–Trinajstić information content (AvgIpc) is 2.77. The van der Waals surface area contributed by atoms with E-state index in [4.69, 9.17) is 9.47 Å². The Balaban J connectivity index is 1.80. The van der Waals surface area contributed by atoms with Crippen LogP contribution in [0.4, 0.5) is 18.9 Å². The molecule has 0 aliphatic carbocycles. The van der Waals surface area contributed by atoms with Crippen molar-refractivity contribution in [2.24, 2.45) is 0 Å². The monoisotopic (exact) mass is 443 g/mol. The molecule has 4 nitrogen and oxygen atoms in total. The van der Waals surface area contributed by atoms with E-state index in [0.717, 1.165) is 23.4 Å². The van der Waals surface area contributed by atoms with E-state index in [0.29, 0.717) is 11.3 Å². The molecule has 0 saturated carbocycles. The van der Waals surface area contributed by atoms with Crippen LogP contribution in [0.15, 0.2) is 66.7 Å². The van der Waals surface area contributed by atoms with E-state index >= 15 is 0 Å². The van der Waals surface area contributed by atoms with Crippen LogP contribution in [0, 0.1) is 0 Å². The third-order valence-corrected chi connectivity index (χ3v) is 4.91. The number of halogens is 3. The number of para-hydroxylation sites is 1. The average molecular weight is 443 g/mol. The van der Waals surface area contributed by atoms with Crippen molar-refractivity contribution in [1.82, 2.24) is 0 Å². The van der Waals surface area contributed by atoms with Gasteiger partial charge in [-0.05, 0) is 53.9 Å². The van der Waals surface area contributed by atoms with Crippen LogP contribution in [0.25, 0.3) is 0 Å². The molecule has 3 aromatic rings. The van der Waals surface area contributed by atoms with Crippen molar-refractivity contribution >= 4 is 11.6 Å². The molecule has 0 heterocycles. The van der Waals surface area contributed by atoms with Gasteiger partial charge >= 0.3 is 6.18 Å². The molecule has 0 aromatic heterocycles. The van der Waals surface area contributed by atoms with Crippen molar-refractivity contribution in [3.63, 3.8) is 0 Å². The lowest BCUT2D eigenvalue weighted by atomic mass is 10.0. The summed E-state index contributed by atoms with van der Waals surface area (Å²) in [6, 6.07) is 17.0. The predicted octanol–water partition coefficient (Wildman–Crippen LogP) is 6.67. The van der Waals surface area contributed by atoms with Crippen molar-refractivity contribution in [2.45, 2.75) is 32.5 Å². The molecule has 0 aliphatic rings. The molecule has 1 amide bonds. The van der Waals surface area contributed by atoms with Crippen LogP contribution in [-0.4, -0.2) is 13.0 Å². The van der Waals surface area contributed by atoms with E-state index < -0.39 is 17.6 Å². The molecule has 0 unspecified atom stereocenters. The van der Waals surface area contributed by atoms with Crippen molar-refractivity contribution in [3.05, 3.63) is 89.0 Å². The highest BCUT2D eigenvalue weighted by Crippen LogP contribution is 2.31. The number of ether oxygens (including phenoxy) is 2. The topological polar surface area (TPSA) is 47.6 Å². The summed E-state index contributed by atoms with van der Waals surface area (Å²) in [5.74, 6) is 1.03. The highest BCUT2D eigenvalue weighted by atomic mass is 19.4. The molecular formula is C25H24F3NO3. The summed E-state index contributed by atoms with van der Waals surface area (Å²) in [5, 5.41) is 2.51. The van der Waals surface area contributed by atoms with Gasteiger partial charge in [-0.2, -0.15) is 13.2 Å². The number of carbonyl (C=O) groups is 1. The Labute approximate surface area is 185 Å². The molecule has 0 spiro atoms. The van der Waals surface area contributed by atoms with E-state index in [1.807, 2.05) is 24.3 Å². The molecule has 0 atom stereocenters. The van der Waals surface area contributed by atoms with E-state index in [9.17, 15) is 18.0 Å². The summed E-state index contributed by atoms with van der Waals surface area (Å²) in [7, 11) is 1.52. The van der Waals surface area contributed by atoms with Gasteiger partial charge in [0.05, 0.1) is 12.7 Å². The van der Waals surface area contributed by atoms with Crippen LogP contribution in [-0.2, 0) is 12.8 Å². The standard InChI is InChI=1S/C25H24F3NO3/c1-16(2)21-9-4-5-10-23(21)32-15-18-13-17(11-12-22(18)31-3)24(30)29-20-8-6-7-19(14-20)25(26,27)28/h4-14,16H,15H2,1-3H3,(H,29,30). The fourth-order valence-corrected chi connectivity index (χ4v) is 3.25. The smallest absolute Gasteiger partial charge is 0.416 e. The molecule has 3 aromatic carbocycles. The summed E-state index contributed by atoms with van der Waals surface area (Å²) in [6.07, 6.45) is -4.49. The minimum atomic E-state index is -4.49. The SMILES string of the molecule is COc1ccc(C(=O)Nc2cccc(C(F)(F)F)c2)cc1COc1ccccc1C(C)C. The number of alkyl halides is 3. The van der Waals surface area contributed by atoms with Crippen LogP contribution < -0.4 is 14.8 Å². The summed E-state index contributed by atoms with van der Waals surface area (Å²) < 4.78 is 50.2. The second kappa shape index (κ2) is 9.77. The molecule has 0 radical (unpaired) electrons. The van der Waals surface area contributed by atoms with Crippen molar-refractivity contribution in [1.29, 1.82) is 0 Å². The number of rotatable bonds is 7. The zero-order valence-corrected chi connectivity index (χ0v) is 18.0. The Bertz CT molecular complexity index is 1090. The molecule has 3 rings (SSSR count). The summed E-state index contributed by atoms with van der Waals surface area (Å²) >= 11 is 0.